The molecule has 2 saturated heterocycles. The normalized spacial score (nSPS) is 43.0. The molecule has 0 aromatic heterocycles. The number of aliphatic hydroxyl groups excluding tert-OH is 1. The number of allylic oxidation sites excluding steroid dienone is 1. The highest BCUT2D eigenvalue weighted by atomic mass is 16.5. The molecule has 2 N–H and O–H groups in total. The van der Waals surface area contributed by atoms with Crippen LogP contribution in [0.4, 0.5) is 0 Å². The fourth-order valence-electron chi connectivity index (χ4n) is 10.1. The maximum Gasteiger partial charge on any atom is 0.321 e. The van der Waals surface area contributed by atoms with Crippen LogP contribution in [-0.2, 0) is 9.53 Å². The fourth-order valence-corrected chi connectivity index (χ4v) is 10.1. The lowest BCUT2D eigenvalue weighted by atomic mass is 9.58. The predicted molar refractivity (Wildman–Crippen MR) is 150 cm³/mol. The minimum atomic E-state index is -0.809. The zero-order valence-corrected chi connectivity index (χ0v) is 22.8. The molecule has 3 heterocycles. The highest BCUT2D eigenvalue weighted by molar-refractivity contribution is 5.83. The van der Waals surface area contributed by atoms with E-state index in [4.69, 9.17) is 4.74 Å². The van der Waals surface area contributed by atoms with Crippen LogP contribution in [0.3, 0.4) is 0 Å². The van der Waals surface area contributed by atoms with Gasteiger partial charge in [0.2, 0.25) is 0 Å². The molecule has 39 heavy (non-hydrogen) atoms. The maximum atomic E-state index is 12.0. The standard InChI is InChI=1S/C34H39NO4/c1-32-13-12-25-17-24-8-9-26(35-20-27(36)18-29(35)31(37)38)19-33(24)14-15-34(25,39-33)30(32)11-10-28(32)23-7-6-21-4-2-3-5-22(21)16-23/h2-7,12,16-17,26-30,36H,8-11,13-15,18-20H2,1H3,(H,37,38)/t26-,27-,28-,29+,30-,32-,33-,34-/m1/s1. The highest BCUT2D eigenvalue weighted by Gasteiger charge is 2.67. The molecule has 6 aliphatic rings. The summed E-state index contributed by atoms with van der Waals surface area (Å²) in [6, 6.07) is 15.3. The van der Waals surface area contributed by atoms with E-state index in [-0.39, 0.29) is 22.7 Å². The summed E-state index contributed by atoms with van der Waals surface area (Å²) in [5.74, 6) is 0.197. The first-order valence-electron chi connectivity index (χ1n) is 15.1. The number of rotatable bonds is 3. The van der Waals surface area contributed by atoms with Crippen molar-refractivity contribution >= 4 is 16.7 Å². The van der Waals surface area contributed by atoms with Gasteiger partial charge in [0.25, 0.3) is 0 Å². The Morgan fingerprint density at radius 1 is 1.08 bits per heavy atom. The number of carbonyl (C=O) groups is 1. The van der Waals surface area contributed by atoms with Crippen LogP contribution in [0, 0.1) is 11.3 Å². The van der Waals surface area contributed by atoms with E-state index < -0.39 is 18.1 Å². The van der Waals surface area contributed by atoms with Gasteiger partial charge in [0.05, 0.1) is 17.3 Å². The van der Waals surface area contributed by atoms with E-state index in [1.54, 1.807) is 0 Å². The van der Waals surface area contributed by atoms with Crippen LogP contribution in [0.2, 0.25) is 0 Å². The molecule has 0 unspecified atom stereocenters. The minimum Gasteiger partial charge on any atom is -0.480 e. The van der Waals surface area contributed by atoms with Crippen LogP contribution in [-0.4, -0.2) is 57.0 Å². The lowest BCUT2D eigenvalue weighted by Gasteiger charge is -2.55. The number of likely N-dealkylation sites (tertiary alicyclic amines) is 1. The Kier molecular flexibility index (Phi) is 5.17. The average Bonchev–Trinajstić information content (AvgIpc) is 3.59. The summed E-state index contributed by atoms with van der Waals surface area (Å²) in [5.41, 5.74) is 3.97. The number of hydrogen-bond donors (Lipinski definition) is 2. The Hall–Kier alpha value is -2.47. The number of carboxylic acid groups (broad SMARTS) is 1. The van der Waals surface area contributed by atoms with Crippen molar-refractivity contribution in [3.63, 3.8) is 0 Å². The van der Waals surface area contributed by atoms with Crippen molar-refractivity contribution in [1.82, 2.24) is 4.90 Å². The van der Waals surface area contributed by atoms with Crippen molar-refractivity contribution in [3.05, 3.63) is 71.3 Å². The van der Waals surface area contributed by atoms with Crippen LogP contribution in [0.5, 0.6) is 0 Å². The van der Waals surface area contributed by atoms with Crippen LogP contribution in [0.15, 0.2) is 65.8 Å². The zero-order chi connectivity index (χ0) is 26.6. The third-order valence-electron chi connectivity index (χ3n) is 11.9. The number of aliphatic hydroxyl groups is 1. The molecule has 2 aromatic rings. The summed E-state index contributed by atoms with van der Waals surface area (Å²) in [7, 11) is 0. The van der Waals surface area contributed by atoms with E-state index in [2.05, 4.69) is 66.4 Å². The molecule has 204 valence electrons. The second kappa shape index (κ2) is 8.28. The number of aliphatic carboxylic acids is 1. The SMILES string of the molecule is C[C@]12CC=C3C=C4CC[C@@H](N5C[C@H](O)C[C@H]5C(=O)O)C[C@]45CC[C@]3(O5)[C@@H]1CC[C@@H]2c1ccc2ccccc2c1. The topological polar surface area (TPSA) is 70.0 Å². The van der Waals surface area contributed by atoms with Gasteiger partial charge in [0, 0.05) is 19.0 Å². The van der Waals surface area contributed by atoms with Crippen LogP contribution in [0.25, 0.3) is 10.8 Å². The summed E-state index contributed by atoms with van der Waals surface area (Å²) in [4.78, 5) is 14.1. The monoisotopic (exact) mass is 525 g/mol. The van der Waals surface area contributed by atoms with Crippen LogP contribution in [0.1, 0.15) is 76.2 Å². The number of fused-ring (bicyclic) bond motifs is 2. The maximum absolute atomic E-state index is 12.0. The van der Waals surface area contributed by atoms with E-state index in [0.29, 0.717) is 24.8 Å². The van der Waals surface area contributed by atoms with Crippen molar-refractivity contribution in [2.75, 3.05) is 6.54 Å². The molecule has 2 spiro atoms. The summed E-state index contributed by atoms with van der Waals surface area (Å²) >= 11 is 0. The molecule has 2 aromatic carbocycles. The molecule has 2 saturated carbocycles. The Morgan fingerprint density at radius 2 is 1.92 bits per heavy atom. The number of nitrogens with zero attached hydrogens (tertiary/aromatic N) is 1. The molecule has 0 radical (unpaired) electrons. The van der Waals surface area contributed by atoms with Crippen molar-refractivity contribution in [2.24, 2.45) is 11.3 Å². The smallest absolute Gasteiger partial charge is 0.321 e. The van der Waals surface area contributed by atoms with Gasteiger partial charge in [0.1, 0.15) is 6.04 Å². The zero-order valence-electron chi connectivity index (χ0n) is 22.8. The number of benzene rings is 2. The molecule has 3 aliphatic carbocycles. The van der Waals surface area contributed by atoms with Crippen molar-refractivity contribution in [1.29, 1.82) is 0 Å². The molecule has 0 amide bonds. The molecule has 5 nitrogen and oxygen atoms in total. The number of ether oxygens (including phenoxy) is 1. The number of hydrogen-bond acceptors (Lipinski definition) is 4. The number of carboxylic acids is 1. The van der Waals surface area contributed by atoms with Gasteiger partial charge in [0.15, 0.2) is 0 Å². The van der Waals surface area contributed by atoms with Crippen molar-refractivity contribution in [3.8, 4) is 0 Å². The Labute approximate surface area is 230 Å². The second-order valence-electron chi connectivity index (χ2n) is 13.7. The van der Waals surface area contributed by atoms with E-state index in [1.165, 1.54) is 40.3 Å². The van der Waals surface area contributed by atoms with E-state index in [9.17, 15) is 15.0 Å². The molecular weight excluding hydrogens is 486 g/mol. The molecule has 8 atom stereocenters. The quantitative estimate of drug-likeness (QED) is 0.517. The van der Waals surface area contributed by atoms with Gasteiger partial charge < -0.3 is 14.9 Å². The van der Waals surface area contributed by atoms with Gasteiger partial charge >= 0.3 is 5.97 Å². The Bertz CT molecular complexity index is 1430. The largest absolute Gasteiger partial charge is 0.480 e. The molecule has 8 rings (SSSR count). The summed E-state index contributed by atoms with van der Waals surface area (Å²) < 4.78 is 7.45. The molecule has 2 bridgehead atoms. The van der Waals surface area contributed by atoms with Gasteiger partial charge in [-0.15, -0.1) is 0 Å². The lowest BCUT2D eigenvalue weighted by Crippen LogP contribution is -2.56. The molecule has 5 heteroatoms. The van der Waals surface area contributed by atoms with E-state index in [0.717, 1.165) is 38.5 Å². The Morgan fingerprint density at radius 3 is 2.77 bits per heavy atom. The van der Waals surface area contributed by atoms with Crippen LogP contribution < -0.4 is 0 Å². The van der Waals surface area contributed by atoms with Gasteiger partial charge in [-0.3, -0.25) is 9.69 Å². The molecule has 4 fully saturated rings. The van der Waals surface area contributed by atoms with Gasteiger partial charge in [-0.25, -0.2) is 0 Å². The second-order valence-corrected chi connectivity index (χ2v) is 13.7. The third kappa shape index (κ3) is 3.33. The lowest BCUT2D eigenvalue weighted by molar-refractivity contribution is -0.150. The Balaban J connectivity index is 1.12. The highest BCUT2D eigenvalue weighted by Crippen LogP contribution is 2.69. The third-order valence-corrected chi connectivity index (χ3v) is 11.9. The van der Waals surface area contributed by atoms with Crippen LogP contribution >= 0.6 is 0 Å². The van der Waals surface area contributed by atoms with Gasteiger partial charge in [-0.1, -0.05) is 61.5 Å². The van der Waals surface area contributed by atoms with Gasteiger partial charge in [-0.2, -0.15) is 0 Å². The summed E-state index contributed by atoms with van der Waals surface area (Å²) in [5, 5.41) is 22.8. The summed E-state index contributed by atoms with van der Waals surface area (Å²) in [6.45, 7) is 2.98. The van der Waals surface area contributed by atoms with Crippen molar-refractivity contribution in [2.45, 2.75) is 100 Å². The molecular formula is C34H39NO4. The van der Waals surface area contributed by atoms with E-state index >= 15 is 0 Å². The number of β-amino-alcohol motifs (C(OH)–C–C–N with tert-alkyl or cyclic N) is 1. The average molecular weight is 526 g/mol. The first-order valence-corrected chi connectivity index (χ1v) is 15.1. The first-order chi connectivity index (χ1) is 18.8. The predicted octanol–water partition coefficient (Wildman–Crippen LogP) is 5.97. The minimum absolute atomic E-state index is 0.144. The fraction of sp³-hybridized carbons (Fsp3) is 0.559. The van der Waals surface area contributed by atoms with Gasteiger partial charge in [-0.05, 0) is 96.1 Å². The first kappa shape index (κ1) is 24.3. The summed E-state index contributed by atoms with van der Waals surface area (Å²) in [6.07, 6.45) is 13.1. The molecule has 3 aliphatic heterocycles. The van der Waals surface area contributed by atoms with Crippen molar-refractivity contribution < 1.29 is 19.7 Å². The van der Waals surface area contributed by atoms with E-state index in [1.807, 2.05) is 0 Å².